The minimum Gasteiger partial charge on any atom is -0.423 e. The van der Waals surface area contributed by atoms with Crippen LogP contribution in [-0.2, 0) is 0 Å². The van der Waals surface area contributed by atoms with Crippen molar-refractivity contribution in [3.8, 4) is 5.75 Å². The fourth-order valence-corrected chi connectivity index (χ4v) is 3.33. The van der Waals surface area contributed by atoms with Crippen LogP contribution in [0.25, 0.3) is 21.5 Å². The number of fused-ring (bicyclic) bond motifs is 2. The second-order valence-electron chi connectivity index (χ2n) is 7.03. The summed E-state index contributed by atoms with van der Waals surface area (Å²) in [4.78, 5) is 12.6. The first kappa shape index (κ1) is 17.3. The molecule has 0 N–H and O–H groups in total. The summed E-state index contributed by atoms with van der Waals surface area (Å²) in [5.74, 6) is 0.747. The number of hydrogen-bond acceptors (Lipinski definition) is 2. The number of benzene rings is 4. The van der Waals surface area contributed by atoms with Gasteiger partial charge < -0.3 is 4.74 Å². The van der Waals surface area contributed by atoms with Gasteiger partial charge in [-0.2, -0.15) is 0 Å². The largest absolute Gasteiger partial charge is 0.423 e. The third kappa shape index (κ3) is 3.56. The first-order chi connectivity index (χ1) is 13.1. The quantitative estimate of drug-likeness (QED) is 0.231. The van der Waals surface area contributed by atoms with E-state index in [0.29, 0.717) is 17.2 Å². The monoisotopic (exact) mass is 354 g/mol. The second kappa shape index (κ2) is 7.24. The Kier molecular flexibility index (Phi) is 4.64. The topological polar surface area (TPSA) is 26.3 Å². The van der Waals surface area contributed by atoms with E-state index < -0.39 is 0 Å². The molecular weight excluding hydrogens is 332 g/mol. The molecule has 134 valence electrons. The van der Waals surface area contributed by atoms with Crippen LogP contribution in [0.4, 0.5) is 0 Å². The molecule has 0 aliphatic carbocycles. The molecule has 0 fully saturated rings. The van der Waals surface area contributed by atoms with E-state index in [1.165, 1.54) is 10.9 Å². The van der Waals surface area contributed by atoms with Crippen molar-refractivity contribution in [2.45, 2.75) is 26.2 Å². The smallest absolute Gasteiger partial charge is 0.343 e. The van der Waals surface area contributed by atoms with Crippen molar-refractivity contribution in [2.75, 3.05) is 0 Å². The molecule has 0 aromatic heterocycles. The molecule has 0 saturated carbocycles. The van der Waals surface area contributed by atoms with Gasteiger partial charge >= 0.3 is 5.97 Å². The Bertz CT molecular complexity index is 1110. The fraction of sp³-hybridized carbons (Fsp3) is 0.160. The van der Waals surface area contributed by atoms with E-state index in [9.17, 15) is 4.79 Å². The molecular formula is C25H22O2. The molecule has 1 unspecified atom stereocenters. The fourth-order valence-electron chi connectivity index (χ4n) is 3.33. The summed E-state index contributed by atoms with van der Waals surface area (Å²) in [6, 6.07) is 26.0. The van der Waals surface area contributed by atoms with Crippen LogP contribution >= 0.6 is 0 Å². The van der Waals surface area contributed by atoms with E-state index in [2.05, 4.69) is 38.1 Å². The standard InChI is InChI=1S/C25H22O2/c1-3-17(2)18-10-12-24(13-11-18)27-25(26)22-9-8-21-14-19-6-4-5-7-20(19)15-23(21)16-22/h4-17H,3H2,1-2H3. The number of ether oxygens (including phenoxy) is 1. The summed E-state index contributed by atoms with van der Waals surface area (Å²) in [6.07, 6.45) is 1.09. The zero-order valence-corrected chi connectivity index (χ0v) is 15.6. The molecule has 1 atom stereocenters. The second-order valence-corrected chi connectivity index (χ2v) is 7.03. The number of carbonyl (C=O) groups is 1. The van der Waals surface area contributed by atoms with E-state index in [1.807, 2.05) is 54.6 Å². The summed E-state index contributed by atoms with van der Waals surface area (Å²) in [5, 5.41) is 4.51. The molecule has 27 heavy (non-hydrogen) atoms. The van der Waals surface area contributed by atoms with Crippen molar-refractivity contribution in [3.63, 3.8) is 0 Å². The minimum absolute atomic E-state index is 0.332. The number of hydrogen-bond donors (Lipinski definition) is 0. The van der Waals surface area contributed by atoms with Gasteiger partial charge in [0.1, 0.15) is 5.75 Å². The van der Waals surface area contributed by atoms with Gasteiger partial charge in [0.2, 0.25) is 0 Å². The molecule has 0 spiro atoms. The molecule has 0 aliphatic heterocycles. The van der Waals surface area contributed by atoms with Crippen molar-refractivity contribution in [2.24, 2.45) is 0 Å². The maximum absolute atomic E-state index is 12.6. The van der Waals surface area contributed by atoms with Gasteiger partial charge in [0.15, 0.2) is 0 Å². The Balaban J connectivity index is 1.59. The summed E-state index contributed by atoms with van der Waals surface area (Å²) in [5.41, 5.74) is 1.82. The van der Waals surface area contributed by atoms with Crippen LogP contribution in [0, 0.1) is 0 Å². The van der Waals surface area contributed by atoms with Crippen molar-refractivity contribution in [1.29, 1.82) is 0 Å². The van der Waals surface area contributed by atoms with Crippen LogP contribution in [0.15, 0.2) is 78.9 Å². The molecule has 2 nitrogen and oxygen atoms in total. The predicted octanol–water partition coefficient (Wildman–Crippen LogP) is 6.73. The molecule has 2 heteroatoms. The Morgan fingerprint density at radius 1 is 0.815 bits per heavy atom. The Morgan fingerprint density at radius 3 is 2.11 bits per heavy atom. The van der Waals surface area contributed by atoms with Crippen LogP contribution in [-0.4, -0.2) is 5.97 Å². The average Bonchev–Trinajstić information content (AvgIpc) is 2.71. The lowest BCUT2D eigenvalue weighted by Crippen LogP contribution is -2.08. The summed E-state index contributed by atoms with van der Waals surface area (Å²) >= 11 is 0. The zero-order valence-electron chi connectivity index (χ0n) is 15.6. The molecule has 4 rings (SSSR count). The zero-order chi connectivity index (χ0) is 18.8. The summed E-state index contributed by atoms with van der Waals surface area (Å²) < 4.78 is 5.57. The van der Waals surface area contributed by atoms with E-state index in [1.54, 1.807) is 0 Å². The Hall–Kier alpha value is -3.13. The van der Waals surface area contributed by atoms with Gasteiger partial charge in [0, 0.05) is 0 Å². The Morgan fingerprint density at radius 2 is 1.44 bits per heavy atom. The molecule has 0 bridgehead atoms. The number of carbonyl (C=O) groups excluding carboxylic acids is 1. The van der Waals surface area contributed by atoms with Gasteiger partial charge in [-0.3, -0.25) is 0 Å². The van der Waals surface area contributed by atoms with Gasteiger partial charge in [-0.1, -0.05) is 56.3 Å². The van der Waals surface area contributed by atoms with E-state index in [4.69, 9.17) is 4.74 Å². The lowest BCUT2D eigenvalue weighted by molar-refractivity contribution is 0.0735. The summed E-state index contributed by atoms with van der Waals surface area (Å²) in [6.45, 7) is 4.36. The maximum atomic E-state index is 12.6. The summed E-state index contributed by atoms with van der Waals surface area (Å²) in [7, 11) is 0. The van der Waals surface area contributed by atoms with Crippen molar-refractivity contribution < 1.29 is 9.53 Å². The number of rotatable bonds is 4. The van der Waals surface area contributed by atoms with Crippen LogP contribution in [0.2, 0.25) is 0 Å². The molecule has 0 heterocycles. The van der Waals surface area contributed by atoms with Crippen molar-refractivity contribution in [1.82, 2.24) is 0 Å². The number of esters is 1. The lowest BCUT2D eigenvalue weighted by atomic mass is 9.99. The lowest BCUT2D eigenvalue weighted by Gasteiger charge is -2.10. The normalized spacial score (nSPS) is 12.2. The molecule has 4 aromatic rings. The average molecular weight is 354 g/mol. The SMILES string of the molecule is CCC(C)c1ccc(OC(=O)c2ccc3cc4ccccc4cc3c2)cc1. The van der Waals surface area contributed by atoms with Gasteiger partial charge in [0.05, 0.1) is 5.56 Å². The van der Waals surface area contributed by atoms with E-state index in [0.717, 1.165) is 22.6 Å². The molecule has 4 aromatic carbocycles. The molecule has 0 amide bonds. The maximum Gasteiger partial charge on any atom is 0.343 e. The molecule has 0 radical (unpaired) electrons. The van der Waals surface area contributed by atoms with Crippen LogP contribution in [0.3, 0.4) is 0 Å². The van der Waals surface area contributed by atoms with E-state index in [-0.39, 0.29) is 5.97 Å². The van der Waals surface area contributed by atoms with Gasteiger partial charge in [-0.15, -0.1) is 0 Å². The highest BCUT2D eigenvalue weighted by molar-refractivity contribution is 6.02. The van der Waals surface area contributed by atoms with Gasteiger partial charge in [-0.05, 0) is 75.8 Å². The van der Waals surface area contributed by atoms with Crippen molar-refractivity contribution in [3.05, 3.63) is 90.0 Å². The van der Waals surface area contributed by atoms with Gasteiger partial charge in [0.25, 0.3) is 0 Å². The third-order valence-electron chi connectivity index (χ3n) is 5.21. The van der Waals surface area contributed by atoms with Crippen LogP contribution in [0.1, 0.15) is 42.1 Å². The highest BCUT2D eigenvalue weighted by atomic mass is 16.5. The third-order valence-corrected chi connectivity index (χ3v) is 5.21. The van der Waals surface area contributed by atoms with Crippen LogP contribution < -0.4 is 4.74 Å². The van der Waals surface area contributed by atoms with Crippen molar-refractivity contribution >= 4 is 27.5 Å². The molecule has 0 aliphatic rings. The van der Waals surface area contributed by atoms with E-state index >= 15 is 0 Å². The molecule has 0 saturated heterocycles. The van der Waals surface area contributed by atoms with Crippen LogP contribution in [0.5, 0.6) is 5.75 Å². The predicted molar refractivity (Wildman–Crippen MR) is 112 cm³/mol. The first-order valence-corrected chi connectivity index (χ1v) is 9.39. The Labute approximate surface area is 159 Å². The van der Waals surface area contributed by atoms with Gasteiger partial charge in [-0.25, -0.2) is 4.79 Å². The highest BCUT2D eigenvalue weighted by Gasteiger charge is 2.11. The highest BCUT2D eigenvalue weighted by Crippen LogP contribution is 2.25. The first-order valence-electron chi connectivity index (χ1n) is 9.39. The minimum atomic E-state index is -0.332.